The van der Waals surface area contributed by atoms with Gasteiger partial charge in [-0.1, -0.05) is 13.0 Å². The van der Waals surface area contributed by atoms with Crippen molar-refractivity contribution in [1.82, 2.24) is 14.3 Å². The van der Waals surface area contributed by atoms with Crippen molar-refractivity contribution in [3.63, 3.8) is 0 Å². The number of hydrogen-bond donors (Lipinski definition) is 2. The molecule has 0 spiro atoms. The average molecular weight is 361 g/mol. The zero-order valence-electron chi connectivity index (χ0n) is 13.5. The van der Waals surface area contributed by atoms with Gasteiger partial charge in [0.05, 0.1) is 9.79 Å². The fourth-order valence-corrected chi connectivity index (χ4v) is 4.84. The number of sulfonamides is 2. The monoisotopic (exact) mass is 361 g/mol. The van der Waals surface area contributed by atoms with E-state index in [1.165, 1.54) is 38.4 Å². The van der Waals surface area contributed by atoms with E-state index in [0.717, 1.165) is 17.3 Å². The zero-order valence-corrected chi connectivity index (χ0v) is 15.1. The fraction of sp³-hybridized carbons (Fsp3) is 0.571. The van der Waals surface area contributed by atoms with Crippen LogP contribution in [0.1, 0.15) is 13.3 Å². The van der Waals surface area contributed by atoms with E-state index in [0.29, 0.717) is 6.54 Å². The van der Waals surface area contributed by atoms with E-state index in [2.05, 4.69) is 10.0 Å². The molecule has 1 fully saturated rings. The molecule has 2 N–H and O–H groups in total. The second-order valence-electron chi connectivity index (χ2n) is 5.96. The number of nitrogens with one attached hydrogen (secondary N) is 2. The minimum atomic E-state index is -3.77. The Labute approximate surface area is 138 Å². The van der Waals surface area contributed by atoms with E-state index >= 15 is 0 Å². The molecule has 1 aromatic carbocycles. The van der Waals surface area contributed by atoms with Gasteiger partial charge in [0.15, 0.2) is 0 Å². The highest BCUT2D eigenvalue weighted by molar-refractivity contribution is 7.90. The van der Waals surface area contributed by atoms with Crippen LogP contribution in [0.5, 0.6) is 0 Å². The molecule has 0 aliphatic carbocycles. The van der Waals surface area contributed by atoms with Crippen LogP contribution in [0.3, 0.4) is 0 Å². The fourth-order valence-electron chi connectivity index (χ4n) is 2.43. The topological polar surface area (TPSA) is 95.6 Å². The summed E-state index contributed by atoms with van der Waals surface area (Å²) in [5.41, 5.74) is 0. The van der Waals surface area contributed by atoms with Gasteiger partial charge in [-0.2, -0.15) is 0 Å². The molecule has 0 radical (unpaired) electrons. The molecule has 2 rings (SSSR count). The van der Waals surface area contributed by atoms with Gasteiger partial charge in [0, 0.05) is 26.7 Å². The molecule has 0 saturated carbocycles. The van der Waals surface area contributed by atoms with Gasteiger partial charge in [-0.15, -0.1) is 0 Å². The maximum atomic E-state index is 12.5. The van der Waals surface area contributed by atoms with Gasteiger partial charge in [0.25, 0.3) is 0 Å². The van der Waals surface area contributed by atoms with E-state index in [1.54, 1.807) is 0 Å². The van der Waals surface area contributed by atoms with Crippen LogP contribution < -0.4 is 10.0 Å². The highest BCUT2D eigenvalue weighted by atomic mass is 32.2. The molecule has 2 unspecified atom stereocenters. The Balaban J connectivity index is 2.30. The second kappa shape index (κ2) is 6.86. The number of hydrogen-bond acceptors (Lipinski definition) is 5. The minimum Gasteiger partial charge on any atom is -0.315 e. The molecule has 1 saturated heterocycles. The molecule has 2 atom stereocenters. The second-order valence-corrected chi connectivity index (χ2v) is 9.83. The van der Waals surface area contributed by atoms with Crippen LogP contribution in [0.25, 0.3) is 0 Å². The first-order valence-electron chi connectivity index (χ1n) is 7.40. The summed E-state index contributed by atoms with van der Waals surface area (Å²) in [5.74, 6) is 0.222. The SMILES string of the molecule is CC1CCNCC1NS(=O)(=O)c1cccc(S(=O)(=O)N(C)C)c1. The number of benzene rings is 1. The normalized spacial score (nSPS) is 23.1. The predicted octanol–water partition coefficient (Wildman–Crippen LogP) is 0.213. The molecule has 130 valence electrons. The lowest BCUT2D eigenvalue weighted by Gasteiger charge is -2.30. The highest BCUT2D eigenvalue weighted by Gasteiger charge is 2.27. The van der Waals surface area contributed by atoms with E-state index < -0.39 is 20.0 Å². The third kappa shape index (κ3) is 4.10. The molecule has 1 aliphatic heterocycles. The number of rotatable bonds is 5. The quantitative estimate of drug-likeness (QED) is 0.782. The van der Waals surface area contributed by atoms with Gasteiger partial charge < -0.3 is 5.32 Å². The van der Waals surface area contributed by atoms with E-state index in [4.69, 9.17) is 0 Å². The molecule has 23 heavy (non-hydrogen) atoms. The maximum Gasteiger partial charge on any atom is 0.242 e. The Morgan fingerprint density at radius 1 is 1.17 bits per heavy atom. The van der Waals surface area contributed by atoms with Crippen molar-refractivity contribution >= 4 is 20.0 Å². The van der Waals surface area contributed by atoms with Crippen molar-refractivity contribution in [2.45, 2.75) is 29.2 Å². The third-order valence-electron chi connectivity index (χ3n) is 4.03. The van der Waals surface area contributed by atoms with Crippen LogP contribution in [0.15, 0.2) is 34.1 Å². The van der Waals surface area contributed by atoms with Crippen LogP contribution in [0.4, 0.5) is 0 Å². The van der Waals surface area contributed by atoms with Gasteiger partial charge in [-0.05, 0) is 37.1 Å². The Kier molecular flexibility index (Phi) is 5.47. The summed E-state index contributed by atoms with van der Waals surface area (Å²) < 4.78 is 53.1. The average Bonchev–Trinajstić information content (AvgIpc) is 2.49. The maximum absolute atomic E-state index is 12.5. The summed E-state index contributed by atoms with van der Waals surface area (Å²) in [6.07, 6.45) is 0.891. The molecular weight excluding hydrogens is 338 g/mol. The van der Waals surface area contributed by atoms with Crippen LogP contribution in [-0.4, -0.2) is 54.4 Å². The largest absolute Gasteiger partial charge is 0.315 e. The molecule has 0 bridgehead atoms. The lowest BCUT2D eigenvalue weighted by Crippen LogP contribution is -2.50. The first kappa shape index (κ1) is 18.3. The summed E-state index contributed by atoms with van der Waals surface area (Å²) in [7, 11) is -4.64. The minimum absolute atomic E-state index is 0.0415. The molecule has 1 heterocycles. The molecule has 7 nitrogen and oxygen atoms in total. The Morgan fingerprint density at radius 3 is 2.43 bits per heavy atom. The summed E-state index contributed by atoms with van der Waals surface area (Å²) >= 11 is 0. The van der Waals surface area contributed by atoms with Crippen LogP contribution in [0.2, 0.25) is 0 Å². The lowest BCUT2D eigenvalue weighted by molar-refractivity contribution is 0.327. The molecule has 0 aromatic heterocycles. The molecular formula is C14H23N3O4S2. The van der Waals surface area contributed by atoms with Gasteiger partial charge in [0.2, 0.25) is 20.0 Å². The van der Waals surface area contributed by atoms with Gasteiger partial charge in [0.1, 0.15) is 0 Å². The van der Waals surface area contributed by atoms with Crippen molar-refractivity contribution in [3.8, 4) is 0 Å². The number of piperidine rings is 1. The van der Waals surface area contributed by atoms with Gasteiger partial charge in [-0.25, -0.2) is 25.9 Å². The van der Waals surface area contributed by atoms with Crippen LogP contribution in [-0.2, 0) is 20.0 Å². The Bertz CT molecular complexity index is 760. The first-order chi connectivity index (χ1) is 10.6. The summed E-state index contributed by atoms with van der Waals surface area (Å²) in [6.45, 7) is 3.44. The van der Waals surface area contributed by atoms with Gasteiger partial charge >= 0.3 is 0 Å². The van der Waals surface area contributed by atoms with Crippen molar-refractivity contribution in [1.29, 1.82) is 0 Å². The molecule has 1 aromatic rings. The van der Waals surface area contributed by atoms with Crippen LogP contribution >= 0.6 is 0 Å². The first-order valence-corrected chi connectivity index (χ1v) is 10.3. The Hall–Kier alpha value is -1.00. The lowest BCUT2D eigenvalue weighted by atomic mass is 9.96. The Morgan fingerprint density at radius 2 is 1.83 bits per heavy atom. The van der Waals surface area contributed by atoms with Crippen molar-refractivity contribution < 1.29 is 16.8 Å². The molecule has 0 amide bonds. The van der Waals surface area contributed by atoms with Gasteiger partial charge in [-0.3, -0.25) is 0 Å². The van der Waals surface area contributed by atoms with Crippen molar-refractivity contribution in [2.24, 2.45) is 5.92 Å². The van der Waals surface area contributed by atoms with E-state index in [9.17, 15) is 16.8 Å². The zero-order chi connectivity index (χ0) is 17.3. The molecule has 1 aliphatic rings. The van der Waals surface area contributed by atoms with Crippen LogP contribution in [0, 0.1) is 5.92 Å². The van der Waals surface area contributed by atoms with Crippen molar-refractivity contribution in [2.75, 3.05) is 27.2 Å². The third-order valence-corrected chi connectivity index (χ3v) is 7.33. The molecule has 9 heteroatoms. The summed E-state index contributed by atoms with van der Waals surface area (Å²) in [5, 5.41) is 3.16. The highest BCUT2D eigenvalue weighted by Crippen LogP contribution is 2.20. The van der Waals surface area contributed by atoms with E-state index in [1.807, 2.05) is 6.92 Å². The smallest absolute Gasteiger partial charge is 0.242 e. The van der Waals surface area contributed by atoms with Crippen molar-refractivity contribution in [3.05, 3.63) is 24.3 Å². The predicted molar refractivity (Wildman–Crippen MR) is 88.1 cm³/mol. The summed E-state index contributed by atoms with van der Waals surface area (Å²) in [4.78, 5) is -0.0848. The van der Waals surface area contributed by atoms with E-state index in [-0.39, 0.29) is 21.8 Å². The summed E-state index contributed by atoms with van der Waals surface area (Å²) in [6, 6.07) is 5.21. The number of nitrogens with zero attached hydrogens (tertiary/aromatic N) is 1. The standard InChI is InChI=1S/C14H23N3O4S2/c1-11-7-8-15-10-14(11)16-22(18,19)12-5-4-6-13(9-12)23(20,21)17(2)3/h4-6,9,11,14-16H,7-8,10H2,1-3H3.